The third-order valence-corrected chi connectivity index (χ3v) is 4.10. The molecule has 2 saturated heterocycles. The summed E-state index contributed by atoms with van der Waals surface area (Å²) in [5, 5.41) is 0. The number of aromatic nitrogens is 3. The third kappa shape index (κ3) is 3.93. The topological polar surface area (TPSA) is 80.4 Å². The Morgan fingerprint density at radius 2 is 1.62 bits per heavy atom. The van der Waals surface area contributed by atoms with Gasteiger partial charge in [-0.15, -0.1) is 0 Å². The molecule has 3 rings (SSSR count). The van der Waals surface area contributed by atoms with E-state index in [4.69, 9.17) is 10.5 Å². The van der Waals surface area contributed by atoms with E-state index in [2.05, 4.69) is 24.8 Å². The van der Waals surface area contributed by atoms with Crippen LogP contribution in [0.4, 0.5) is 11.9 Å². The van der Waals surface area contributed by atoms with E-state index in [-0.39, 0.29) is 5.95 Å². The minimum absolute atomic E-state index is 0.238. The van der Waals surface area contributed by atoms with Crippen LogP contribution < -0.4 is 15.4 Å². The van der Waals surface area contributed by atoms with Crippen LogP contribution in [0.25, 0.3) is 0 Å². The number of ether oxygens (including phenoxy) is 1. The number of piperidine rings is 1. The van der Waals surface area contributed by atoms with E-state index in [1.54, 1.807) is 0 Å². The van der Waals surface area contributed by atoms with Crippen LogP contribution in [0, 0.1) is 0 Å². The standard InChI is InChI=1S/C14H24N6O/c15-12-16-13(20-8-2-1-3-9-20)18-14(17-12)21-11-10-19-6-4-5-7-19/h1-11H2,(H2,15,16,17,18). The highest BCUT2D eigenvalue weighted by Gasteiger charge is 2.16. The first-order valence-electron chi connectivity index (χ1n) is 7.93. The summed E-state index contributed by atoms with van der Waals surface area (Å²) >= 11 is 0. The molecule has 0 amide bonds. The van der Waals surface area contributed by atoms with Gasteiger partial charge in [-0.05, 0) is 45.2 Å². The molecule has 0 aromatic carbocycles. The van der Waals surface area contributed by atoms with Crippen molar-refractivity contribution in [3.05, 3.63) is 0 Å². The van der Waals surface area contributed by atoms with Gasteiger partial charge in [-0.25, -0.2) is 0 Å². The molecule has 0 radical (unpaired) electrons. The second-order valence-corrected chi connectivity index (χ2v) is 5.72. The van der Waals surface area contributed by atoms with Crippen LogP contribution in [0.5, 0.6) is 6.01 Å². The lowest BCUT2D eigenvalue weighted by atomic mass is 10.1. The molecular weight excluding hydrogens is 268 g/mol. The lowest BCUT2D eigenvalue weighted by Gasteiger charge is -2.26. The number of likely N-dealkylation sites (tertiary alicyclic amines) is 1. The van der Waals surface area contributed by atoms with E-state index in [1.807, 2.05) is 0 Å². The Morgan fingerprint density at radius 3 is 2.38 bits per heavy atom. The van der Waals surface area contributed by atoms with Crippen LogP contribution in [0.15, 0.2) is 0 Å². The van der Waals surface area contributed by atoms with Crippen molar-refractivity contribution in [3.8, 4) is 6.01 Å². The van der Waals surface area contributed by atoms with Gasteiger partial charge in [0.2, 0.25) is 11.9 Å². The summed E-state index contributed by atoms with van der Waals surface area (Å²) in [6.07, 6.45) is 6.21. The summed E-state index contributed by atoms with van der Waals surface area (Å²) in [6.45, 7) is 5.82. The van der Waals surface area contributed by atoms with E-state index in [0.717, 1.165) is 19.6 Å². The molecule has 0 atom stereocenters. The zero-order valence-corrected chi connectivity index (χ0v) is 12.5. The SMILES string of the molecule is Nc1nc(OCCN2CCCC2)nc(N2CCCCC2)n1. The minimum atomic E-state index is 0.238. The first-order chi connectivity index (χ1) is 10.3. The largest absolute Gasteiger partial charge is 0.462 e. The average Bonchev–Trinajstić information content (AvgIpc) is 3.01. The molecule has 0 unspecified atom stereocenters. The number of hydrogen-bond donors (Lipinski definition) is 1. The van der Waals surface area contributed by atoms with E-state index >= 15 is 0 Å². The van der Waals surface area contributed by atoms with Crippen LogP contribution >= 0.6 is 0 Å². The molecule has 2 N–H and O–H groups in total. The molecule has 0 saturated carbocycles. The van der Waals surface area contributed by atoms with Crippen molar-refractivity contribution in [2.24, 2.45) is 0 Å². The molecule has 0 bridgehead atoms. The number of rotatable bonds is 5. The van der Waals surface area contributed by atoms with Crippen molar-refractivity contribution < 1.29 is 4.74 Å². The van der Waals surface area contributed by atoms with Crippen LogP contribution in [0.1, 0.15) is 32.1 Å². The molecule has 1 aromatic rings. The lowest BCUT2D eigenvalue weighted by Crippen LogP contribution is -2.31. The summed E-state index contributed by atoms with van der Waals surface area (Å²) in [5.74, 6) is 0.889. The molecule has 2 aliphatic heterocycles. The third-order valence-electron chi connectivity index (χ3n) is 4.10. The van der Waals surface area contributed by atoms with Gasteiger partial charge in [0, 0.05) is 19.6 Å². The predicted molar refractivity (Wildman–Crippen MR) is 81.5 cm³/mol. The van der Waals surface area contributed by atoms with Crippen molar-refractivity contribution in [1.82, 2.24) is 19.9 Å². The number of nitrogens with two attached hydrogens (primary N) is 1. The van der Waals surface area contributed by atoms with Crippen molar-refractivity contribution in [1.29, 1.82) is 0 Å². The average molecular weight is 292 g/mol. The molecule has 1 aromatic heterocycles. The lowest BCUT2D eigenvalue weighted by molar-refractivity contribution is 0.225. The van der Waals surface area contributed by atoms with Crippen molar-refractivity contribution >= 4 is 11.9 Å². The highest BCUT2D eigenvalue weighted by atomic mass is 16.5. The molecule has 116 valence electrons. The van der Waals surface area contributed by atoms with Gasteiger partial charge in [0.25, 0.3) is 0 Å². The molecule has 21 heavy (non-hydrogen) atoms. The molecule has 3 heterocycles. The van der Waals surface area contributed by atoms with Gasteiger partial charge >= 0.3 is 6.01 Å². The normalized spacial score (nSPS) is 19.9. The first-order valence-corrected chi connectivity index (χ1v) is 7.93. The molecule has 0 aliphatic carbocycles. The molecule has 0 spiro atoms. The zero-order chi connectivity index (χ0) is 14.5. The van der Waals surface area contributed by atoms with Gasteiger partial charge in [0.15, 0.2) is 0 Å². The fourth-order valence-electron chi connectivity index (χ4n) is 2.93. The van der Waals surface area contributed by atoms with E-state index in [9.17, 15) is 0 Å². The van der Waals surface area contributed by atoms with Gasteiger partial charge in [0.05, 0.1) is 0 Å². The summed E-state index contributed by atoms with van der Waals surface area (Å²) in [6, 6.07) is 0.349. The Hall–Kier alpha value is -1.63. The summed E-state index contributed by atoms with van der Waals surface area (Å²) < 4.78 is 5.67. The van der Waals surface area contributed by atoms with Gasteiger partial charge in [0.1, 0.15) is 6.61 Å². The van der Waals surface area contributed by atoms with Gasteiger partial charge in [-0.2, -0.15) is 15.0 Å². The molecular formula is C14H24N6O. The van der Waals surface area contributed by atoms with Crippen molar-refractivity contribution in [2.75, 3.05) is 50.0 Å². The maximum atomic E-state index is 5.78. The van der Waals surface area contributed by atoms with Crippen LogP contribution in [-0.4, -0.2) is 59.2 Å². The maximum absolute atomic E-state index is 5.78. The predicted octanol–water partition coefficient (Wildman–Crippen LogP) is 0.919. The molecule has 2 aliphatic rings. The van der Waals surface area contributed by atoms with Gasteiger partial charge in [-0.3, -0.25) is 4.90 Å². The maximum Gasteiger partial charge on any atom is 0.323 e. The Bertz CT molecular complexity index is 457. The molecule has 2 fully saturated rings. The Morgan fingerprint density at radius 1 is 0.905 bits per heavy atom. The van der Waals surface area contributed by atoms with Crippen LogP contribution in [-0.2, 0) is 0 Å². The number of hydrogen-bond acceptors (Lipinski definition) is 7. The molecule has 7 heteroatoms. The second kappa shape index (κ2) is 6.89. The van der Waals surface area contributed by atoms with Crippen LogP contribution in [0.2, 0.25) is 0 Å². The fraction of sp³-hybridized carbons (Fsp3) is 0.786. The Balaban J connectivity index is 1.57. The smallest absolute Gasteiger partial charge is 0.323 e. The van der Waals surface area contributed by atoms with Crippen molar-refractivity contribution in [3.63, 3.8) is 0 Å². The van der Waals surface area contributed by atoms with E-state index in [1.165, 1.54) is 45.2 Å². The monoisotopic (exact) mass is 292 g/mol. The number of nitrogens with zero attached hydrogens (tertiary/aromatic N) is 5. The second-order valence-electron chi connectivity index (χ2n) is 5.72. The van der Waals surface area contributed by atoms with Gasteiger partial charge in [-0.1, -0.05) is 0 Å². The van der Waals surface area contributed by atoms with Gasteiger partial charge < -0.3 is 15.4 Å². The quantitative estimate of drug-likeness (QED) is 0.864. The molecule has 7 nitrogen and oxygen atoms in total. The zero-order valence-electron chi connectivity index (χ0n) is 12.5. The van der Waals surface area contributed by atoms with E-state index < -0.39 is 0 Å². The van der Waals surface area contributed by atoms with Crippen LogP contribution in [0.3, 0.4) is 0 Å². The Labute approximate surface area is 125 Å². The highest BCUT2D eigenvalue weighted by molar-refractivity contribution is 5.36. The minimum Gasteiger partial charge on any atom is -0.462 e. The van der Waals surface area contributed by atoms with Crippen molar-refractivity contribution in [2.45, 2.75) is 32.1 Å². The summed E-state index contributed by atoms with van der Waals surface area (Å²) in [7, 11) is 0. The summed E-state index contributed by atoms with van der Waals surface area (Å²) in [4.78, 5) is 17.3. The first kappa shape index (κ1) is 14.3. The van der Waals surface area contributed by atoms with E-state index in [0.29, 0.717) is 18.6 Å². The number of nitrogen functional groups attached to an aromatic ring is 1. The Kier molecular flexibility index (Phi) is 4.69. The highest BCUT2D eigenvalue weighted by Crippen LogP contribution is 2.18. The summed E-state index contributed by atoms with van der Waals surface area (Å²) in [5.41, 5.74) is 5.78. The number of anilines is 2. The fourth-order valence-corrected chi connectivity index (χ4v) is 2.93.